The summed E-state index contributed by atoms with van der Waals surface area (Å²) < 4.78 is 0. The van der Waals surface area contributed by atoms with Crippen LogP contribution in [-0.4, -0.2) is 23.2 Å². The first-order valence-electron chi connectivity index (χ1n) is 11.5. The van der Waals surface area contributed by atoms with Crippen molar-refractivity contribution in [2.24, 2.45) is 0 Å². The number of hydrogen-bond donors (Lipinski definition) is 2. The number of nitrogens with one attached hydrogen (secondary N) is 1. The van der Waals surface area contributed by atoms with Gasteiger partial charge in [0.2, 0.25) is 5.91 Å². The van der Waals surface area contributed by atoms with Crippen LogP contribution >= 0.6 is 0 Å². The molecule has 0 aliphatic heterocycles. The molecule has 1 amide bonds. The van der Waals surface area contributed by atoms with Gasteiger partial charge in [0, 0.05) is 12.6 Å². The molecule has 3 nitrogen and oxygen atoms in total. The fourth-order valence-electron chi connectivity index (χ4n) is 3.01. The van der Waals surface area contributed by atoms with Crippen LogP contribution in [0.5, 0.6) is 0 Å². The van der Waals surface area contributed by atoms with E-state index in [9.17, 15) is 9.90 Å². The minimum Gasteiger partial charge on any atom is -0.388 e. The quantitative estimate of drug-likeness (QED) is 0.157. The minimum atomic E-state index is -0.787. The van der Waals surface area contributed by atoms with Gasteiger partial charge < -0.3 is 10.4 Å². The molecule has 1 atom stereocenters. The molecular formula is C27H43NO2. The fourth-order valence-corrected chi connectivity index (χ4v) is 3.01. The third-order valence-electron chi connectivity index (χ3n) is 4.68. The number of hydrogen-bond acceptors (Lipinski definition) is 2. The fraction of sp³-hybridized carbons (Fsp3) is 0.519. The van der Waals surface area contributed by atoms with Gasteiger partial charge in [0.15, 0.2) is 0 Å². The van der Waals surface area contributed by atoms with E-state index in [4.69, 9.17) is 0 Å². The van der Waals surface area contributed by atoms with E-state index in [1.165, 1.54) is 18.9 Å². The molecule has 0 aliphatic rings. The minimum absolute atomic E-state index is 0.154. The first-order valence-corrected chi connectivity index (χ1v) is 11.5. The molecule has 0 rings (SSSR count). The van der Waals surface area contributed by atoms with Crippen molar-refractivity contribution in [3.8, 4) is 0 Å². The maximum Gasteiger partial charge on any atom is 0.244 e. The predicted octanol–water partition coefficient (Wildman–Crippen LogP) is 6.74. The van der Waals surface area contributed by atoms with E-state index in [1.807, 2.05) is 61.6 Å². The smallest absolute Gasteiger partial charge is 0.244 e. The summed E-state index contributed by atoms with van der Waals surface area (Å²) in [5.41, 5.74) is -0.787. The Hall–Kier alpha value is -2.13. The van der Waals surface area contributed by atoms with Crippen molar-refractivity contribution in [1.29, 1.82) is 0 Å². The molecular weight excluding hydrogens is 370 g/mol. The molecule has 0 saturated heterocycles. The van der Waals surface area contributed by atoms with Gasteiger partial charge in [-0.05, 0) is 32.6 Å². The zero-order valence-electron chi connectivity index (χ0n) is 19.4. The monoisotopic (exact) mass is 413 g/mol. The average Bonchev–Trinajstić information content (AvgIpc) is 2.73. The Kier molecular flexibility index (Phi) is 18.7. The van der Waals surface area contributed by atoms with Crippen molar-refractivity contribution in [3.63, 3.8) is 0 Å². The van der Waals surface area contributed by atoms with Crippen LogP contribution < -0.4 is 5.32 Å². The number of amides is 1. The largest absolute Gasteiger partial charge is 0.388 e. The van der Waals surface area contributed by atoms with Crippen LogP contribution in [0.15, 0.2) is 72.9 Å². The highest BCUT2D eigenvalue weighted by molar-refractivity contribution is 5.87. The van der Waals surface area contributed by atoms with Crippen LogP contribution in [0.25, 0.3) is 0 Å². The maximum absolute atomic E-state index is 12.0. The van der Waals surface area contributed by atoms with E-state index in [1.54, 1.807) is 6.08 Å². The van der Waals surface area contributed by atoms with Gasteiger partial charge in [-0.3, -0.25) is 4.79 Å². The Bertz CT molecular complexity index is 596. The molecule has 0 saturated carbocycles. The Labute approximate surface area is 185 Å². The van der Waals surface area contributed by atoms with Gasteiger partial charge in [-0.1, -0.05) is 113 Å². The van der Waals surface area contributed by atoms with E-state index in [0.717, 1.165) is 44.9 Å². The summed E-state index contributed by atoms with van der Waals surface area (Å²) in [6, 6.07) is 0. The summed E-state index contributed by atoms with van der Waals surface area (Å²) in [4.78, 5) is 12.0. The Morgan fingerprint density at radius 3 is 2.07 bits per heavy atom. The van der Waals surface area contributed by atoms with Crippen LogP contribution in [0.4, 0.5) is 0 Å². The van der Waals surface area contributed by atoms with Crippen molar-refractivity contribution in [1.82, 2.24) is 5.32 Å². The van der Waals surface area contributed by atoms with E-state index < -0.39 is 5.60 Å². The van der Waals surface area contributed by atoms with Crippen molar-refractivity contribution < 1.29 is 9.90 Å². The maximum atomic E-state index is 12.0. The lowest BCUT2D eigenvalue weighted by atomic mass is 9.91. The van der Waals surface area contributed by atoms with Gasteiger partial charge in [-0.2, -0.15) is 0 Å². The summed E-state index contributed by atoms with van der Waals surface area (Å²) in [5.74, 6) is -0.154. The molecule has 2 N–H and O–H groups in total. The molecule has 1 unspecified atom stereocenters. The van der Waals surface area contributed by atoms with Gasteiger partial charge in [0.1, 0.15) is 0 Å². The van der Waals surface area contributed by atoms with Gasteiger partial charge in [-0.15, -0.1) is 0 Å². The lowest BCUT2D eigenvalue weighted by Crippen LogP contribution is -2.42. The standard InChI is InChI=1S/C27H43NO2/c1-4-7-9-11-12-13-14-15-16-17-18-19-20-22-26(29)28-25-27(30,23-6-3)24-21-10-8-5-2/h4,7,9,11-15,18-20,22,30H,5-6,8,10,16-17,21,23-25H2,1-3H3,(H,28,29). The lowest BCUT2D eigenvalue weighted by Gasteiger charge is -2.28. The summed E-state index contributed by atoms with van der Waals surface area (Å²) in [7, 11) is 0. The molecule has 0 spiro atoms. The molecule has 30 heavy (non-hydrogen) atoms. The zero-order valence-corrected chi connectivity index (χ0v) is 19.4. The number of aliphatic hydroxyl groups is 1. The number of allylic oxidation sites excluding steroid dienone is 11. The van der Waals surface area contributed by atoms with Crippen LogP contribution in [0.2, 0.25) is 0 Å². The molecule has 0 radical (unpaired) electrons. The molecule has 3 heteroatoms. The summed E-state index contributed by atoms with van der Waals surface area (Å²) in [6.45, 7) is 6.56. The van der Waals surface area contributed by atoms with E-state index in [0.29, 0.717) is 6.54 Å². The van der Waals surface area contributed by atoms with Crippen molar-refractivity contribution in [2.45, 2.75) is 84.2 Å². The first-order chi connectivity index (χ1) is 14.6. The Morgan fingerprint density at radius 1 is 0.800 bits per heavy atom. The third kappa shape index (κ3) is 17.9. The molecule has 0 bridgehead atoms. The zero-order chi connectivity index (χ0) is 22.3. The lowest BCUT2D eigenvalue weighted by molar-refractivity contribution is -0.118. The number of unbranched alkanes of at least 4 members (excludes halogenated alkanes) is 4. The van der Waals surface area contributed by atoms with Gasteiger partial charge in [0.25, 0.3) is 0 Å². The second kappa shape index (κ2) is 20.2. The number of rotatable bonds is 17. The summed E-state index contributed by atoms with van der Waals surface area (Å²) in [5, 5.41) is 13.6. The van der Waals surface area contributed by atoms with Crippen LogP contribution in [0.1, 0.15) is 78.6 Å². The van der Waals surface area contributed by atoms with E-state index >= 15 is 0 Å². The Morgan fingerprint density at radius 2 is 1.43 bits per heavy atom. The highest BCUT2D eigenvalue weighted by Gasteiger charge is 2.25. The highest BCUT2D eigenvalue weighted by atomic mass is 16.3. The van der Waals surface area contributed by atoms with Crippen molar-refractivity contribution >= 4 is 5.91 Å². The molecule has 0 heterocycles. The highest BCUT2D eigenvalue weighted by Crippen LogP contribution is 2.20. The summed E-state index contributed by atoms with van der Waals surface area (Å²) in [6.07, 6.45) is 32.2. The number of carbonyl (C=O) groups is 1. The van der Waals surface area contributed by atoms with Crippen molar-refractivity contribution in [2.75, 3.05) is 6.54 Å². The Balaban J connectivity index is 4.10. The second-order valence-corrected chi connectivity index (χ2v) is 7.59. The molecule has 0 aliphatic carbocycles. The molecule has 0 aromatic carbocycles. The molecule has 168 valence electrons. The van der Waals surface area contributed by atoms with Gasteiger partial charge in [0.05, 0.1) is 5.60 Å². The average molecular weight is 414 g/mol. The molecule has 0 aromatic rings. The number of carbonyl (C=O) groups excluding carboxylic acids is 1. The van der Waals surface area contributed by atoms with E-state index in [2.05, 4.69) is 25.2 Å². The van der Waals surface area contributed by atoms with Gasteiger partial charge in [-0.25, -0.2) is 0 Å². The van der Waals surface area contributed by atoms with Crippen LogP contribution in [0, 0.1) is 0 Å². The second-order valence-electron chi connectivity index (χ2n) is 7.59. The van der Waals surface area contributed by atoms with E-state index in [-0.39, 0.29) is 5.91 Å². The normalized spacial score (nSPS) is 14.9. The predicted molar refractivity (Wildman–Crippen MR) is 131 cm³/mol. The molecule has 0 aromatic heterocycles. The van der Waals surface area contributed by atoms with Gasteiger partial charge >= 0.3 is 0 Å². The molecule has 0 fully saturated rings. The van der Waals surface area contributed by atoms with Crippen LogP contribution in [-0.2, 0) is 4.79 Å². The SMILES string of the molecule is CC=CC=CC=CC=CCCC=CC=CC(=O)NCC(O)(CCC)CCCCCC. The third-order valence-corrected chi connectivity index (χ3v) is 4.68. The topological polar surface area (TPSA) is 49.3 Å². The summed E-state index contributed by atoms with van der Waals surface area (Å²) >= 11 is 0. The van der Waals surface area contributed by atoms with Crippen molar-refractivity contribution in [3.05, 3.63) is 72.9 Å². The first kappa shape index (κ1) is 27.9. The van der Waals surface area contributed by atoms with Crippen LogP contribution in [0.3, 0.4) is 0 Å².